The summed E-state index contributed by atoms with van der Waals surface area (Å²) in [5, 5.41) is 4.82. The summed E-state index contributed by atoms with van der Waals surface area (Å²) in [6.45, 7) is 0. The minimum absolute atomic E-state index is 0.114. The highest BCUT2D eigenvalue weighted by molar-refractivity contribution is 6.09. The predicted molar refractivity (Wildman–Crippen MR) is 215 cm³/mol. The van der Waals surface area contributed by atoms with E-state index in [0.29, 0.717) is 0 Å². The van der Waals surface area contributed by atoms with Crippen molar-refractivity contribution in [2.45, 2.75) is 37.5 Å². The monoisotopic (exact) mass is 669 g/mol. The van der Waals surface area contributed by atoms with Crippen LogP contribution in [0.4, 0.5) is 17.1 Å². The molecule has 1 heterocycles. The van der Waals surface area contributed by atoms with Gasteiger partial charge < -0.3 is 9.32 Å². The molecule has 0 radical (unpaired) electrons. The minimum Gasteiger partial charge on any atom is -0.455 e. The highest BCUT2D eigenvalue weighted by atomic mass is 16.3. The smallest absolute Gasteiger partial charge is 0.143 e. The van der Waals surface area contributed by atoms with Crippen molar-refractivity contribution in [1.29, 1.82) is 0 Å². The Morgan fingerprint density at radius 2 is 1.12 bits per heavy atom. The summed E-state index contributed by atoms with van der Waals surface area (Å²) >= 11 is 0. The molecule has 5 aliphatic rings. The van der Waals surface area contributed by atoms with Crippen molar-refractivity contribution < 1.29 is 4.42 Å². The summed E-state index contributed by atoms with van der Waals surface area (Å²) in [4.78, 5) is 2.50. The lowest BCUT2D eigenvalue weighted by molar-refractivity contribution is -0.0399. The van der Waals surface area contributed by atoms with Crippen LogP contribution in [-0.4, -0.2) is 0 Å². The van der Waals surface area contributed by atoms with Crippen LogP contribution in [0, 0.1) is 23.7 Å². The Labute approximate surface area is 304 Å². The average molecular weight is 670 g/mol. The van der Waals surface area contributed by atoms with E-state index >= 15 is 0 Å². The van der Waals surface area contributed by atoms with Gasteiger partial charge in [-0.3, -0.25) is 0 Å². The molecule has 52 heavy (non-hydrogen) atoms. The molecule has 0 unspecified atom stereocenters. The number of nitrogens with zero attached hydrogens (tertiary/aromatic N) is 1. The Morgan fingerprint density at radius 1 is 0.462 bits per heavy atom. The molecule has 0 amide bonds. The maximum absolute atomic E-state index is 6.53. The van der Waals surface area contributed by atoms with Crippen LogP contribution >= 0.6 is 0 Å². The van der Waals surface area contributed by atoms with Crippen molar-refractivity contribution in [3.8, 4) is 22.3 Å². The first-order chi connectivity index (χ1) is 25.7. The van der Waals surface area contributed by atoms with Crippen LogP contribution in [0.15, 0.2) is 156 Å². The third kappa shape index (κ3) is 3.96. The van der Waals surface area contributed by atoms with E-state index in [9.17, 15) is 0 Å². The van der Waals surface area contributed by atoms with Crippen molar-refractivity contribution in [3.05, 3.63) is 163 Å². The molecule has 2 heteroatoms. The van der Waals surface area contributed by atoms with Gasteiger partial charge in [0.2, 0.25) is 0 Å². The molecular weight excluding hydrogens is 631 g/mol. The summed E-state index contributed by atoms with van der Waals surface area (Å²) in [5.74, 6) is 3.28. The number of para-hydroxylation sites is 2. The molecular formula is C50H39NO. The van der Waals surface area contributed by atoms with Crippen molar-refractivity contribution in [2.75, 3.05) is 4.90 Å². The molecule has 7 aromatic carbocycles. The molecule has 1 aromatic heterocycles. The van der Waals surface area contributed by atoms with Crippen molar-refractivity contribution in [1.82, 2.24) is 0 Å². The normalized spacial score (nSPS) is 23.8. The lowest BCUT2D eigenvalue weighted by Gasteiger charge is -2.61. The van der Waals surface area contributed by atoms with E-state index in [1.807, 2.05) is 0 Å². The first kappa shape index (κ1) is 29.0. The van der Waals surface area contributed by atoms with Gasteiger partial charge in [-0.15, -0.1) is 0 Å². The fourth-order valence-corrected chi connectivity index (χ4v) is 11.8. The van der Waals surface area contributed by atoms with Gasteiger partial charge in [0.1, 0.15) is 11.2 Å². The zero-order valence-electron chi connectivity index (χ0n) is 29.1. The van der Waals surface area contributed by atoms with Crippen LogP contribution in [0.2, 0.25) is 0 Å². The number of furan rings is 1. The second kappa shape index (κ2) is 10.7. The molecule has 4 fully saturated rings. The quantitative estimate of drug-likeness (QED) is 0.185. The van der Waals surface area contributed by atoms with Gasteiger partial charge in [0.25, 0.3) is 0 Å². The van der Waals surface area contributed by atoms with Gasteiger partial charge in [0, 0.05) is 38.8 Å². The summed E-state index contributed by atoms with van der Waals surface area (Å²) in [5.41, 5.74) is 13.9. The fraction of sp³-hybridized carbons (Fsp3) is 0.200. The predicted octanol–water partition coefficient (Wildman–Crippen LogP) is 13.6. The molecule has 0 saturated heterocycles. The SMILES string of the molecule is c1cc(-c2cccc3c2oc2ccccc23)cc(N(c2ccc3c(c2)C2(c4ccccc4-3)[C@H]3CC4C[C@H](C3)C[C@@H]2C4)c2ccc3ccccc3c2)c1. The Morgan fingerprint density at radius 3 is 2.00 bits per heavy atom. The van der Waals surface area contributed by atoms with E-state index < -0.39 is 0 Å². The van der Waals surface area contributed by atoms with Crippen LogP contribution in [0.25, 0.3) is 55.0 Å². The van der Waals surface area contributed by atoms with Gasteiger partial charge in [-0.05, 0) is 137 Å². The fourth-order valence-electron chi connectivity index (χ4n) is 11.8. The highest BCUT2D eigenvalue weighted by Gasteiger charge is 2.61. The van der Waals surface area contributed by atoms with Gasteiger partial charge in [-0.1, -0.05) is 109 Å². The molecule has 0 N–H and O–H groups in total. The second-order valence-corrected chi connectivity index (χ2v) is 16.1. The van der Waals surface area contributed by atoms with Gasteiger partial charge in [0.15, 0.2) is 0 Å². The van der Waals surface area contributed by atoms with Crippen molar-refractivity contribution in [3.63, 3.8) is 0 Å². The van der Waals surface area contributed by atoms with E-state index in [-0.39, 0.29) is 5.41 Å². The van der Waals surface area contributed by atoms with Crippen LogP contribution in [-0.2, 0) is 5.41 Å². The molecule has 2 nitrogen and oxygen atoms in total. The Balaban J connectivity index is 1.07. The van der Waals surface area contributed by atoms with E-state index in [0.717, 1.165) is 62.4 Å². The summed E-state index contributed by atoms with van der Waals surface area (Å²) < 4.78 is 6.53. The molecule has 4 saturated carbocycles. The van der Waals surface area contributed by atoms with E-state index in [1.54, 1.807) is 11.1 Å². The zero-order valence-corrected chi connectivity index (χ0v) is 29.1. The Hall–Kier alpha value is -5.60. The van der Waals surface area contributed by atoms with Crippen LogP contribution < -0.4 is 4.90 Å². The molecule has 8 aromatic rings. The largest absolute Gasteiger partial charge is 0.455 e. The maximum atomic E-state index is 6.53. The van der Waals surface area contributed by atoms with Crippen LogP contribution in [0.3, 0.4) is 0 Å². The number of fused-ring (bicyclic) bond motifs is 7. The summed E-state index contributed by atoms with van der Waals surface area (Å²) in [6, 6.07) is 56.5. The number of hydrogen-bond acceptors (Lipinski definition) is 2. The third-order valence-electron chi connectivity index (χ3n) is 13.6. The summed E-state index contributed by atoms with van der Waals surface area (Å²) in [6.07, 6.45) is 7.00. The van der Waals surface area contributed by atoms with Gasteiger partial charge in [-0.2, -0.15) is 0 Å². The lowest BCUT2D eigenvalue weighted by Crippen LogP contribution is -2.55. The number of rotatable bonds is 4. The molecule has 13 rings (SSSR count). The van der Waals surface area contributed by atoms with Crippen LogP contribution in [0.5, 0.6) is 0 Å². The number of anilines is 3. The first-order valence-corrected chi connectivity index (χ1v) is 19.3. The zero-order chi connectivity index (χ0) is 34.0. The van der Waals surface area contributed by atoms with Gasteiger partial charge >= 0.3 is 0 Å². The number of hydrogen-bond donors (Lipinski definition) is 0. The summed E-state index contributed by atoms with van der Waals surface area (Å²) in [7, 11) is 0. The molecule has 1 spiro atoms. The second-order valence-electron chi connectivity index (χ2n) is 16.1. The Bertz CT molecular complexity index is 2700. The Kier molecular flexibility index (Phi) is 5.98. The number of benzene rings is 7. The standard InChI is InChI=1S/C50H39NO/c1-2-10-34-28-39(20-19-33(34)9-1)51(38-12-7-11-35(29-38)41-15-8-16-45-44-14-4-6-18-48(44)52-49(41)45)40-21-22-43-42-13-3-5-17-46(42)50(47(43)30-40)36-24-31-23-32(26-36)27-37(50)25-31/h1-22,28-32,36-37H,23-27H2/t31-,32?,36-,37-,50?/m1/s1. The maximum Gasteiger partial charge on any atom is 0.143 e. The topological polar surface area (TPSA) is 16.4 Å². The molecule has 5 aliphatic carbocycles. The van der Waals surface area contributed by atoms with E-state index in [2.05, 4.69) is 157 Å². The molecule has 0 atom stereocenters. The minimum atomic E-state index is 0.114. The first-order valence-electron chi connectivity index (χ1n) is 19.3. The molecule has 4 bridgehead atoms. The van der Waals surface area contributed by atoms with Gasteiger partial charge in [-0.25, -0.2) is 0 Å². The average Bonchev–Trinajstić information content (AvgIpc) is 3.71. The van der Waals surface area contributed by atoms with Crippen molar-refractivity contribution in [2.24, 2.45) is 23.7 Å². The lowest BCUT2D eigenvalue weighted by atomic mass is 9.43. The van der Waals surface area contributed by atoms with E-state index in [4.69, 9.17) is 4.42 Å². The van der Waals surface area contributed by atoms with Crippen molar-refractivity contribution >= 4 is 49.8 Å². The molecule has 0 aliphatic heterocycles. The van der Waals surface area contributed by atoms with Crippen LogP contribution in [0.1, 0.15) is 43.2 Å². The van der Waals surface area contributed by atoms with E-state index in [1.165, 1.54) is 65.4 Å². The highest BCUT2D eigenvalue weighted by Crippen LogP contribution is 2.69. The third-order valence-corrected chi connectivity index (χ3v) is 13.6. The van der Waals surface area contributed by atoms with Gasteiger partial charge in [0.05, 0.1) is 0 Å². The molecule has 250 valence electrons.